The summed E-state index contributed by atoms with van der Waals surface area (Å²) in [6.07, 6.45) is 5.19. The van der Waals surface area contributed by atoms with Gasteiger partial charge >= 0.3 is 0 Å². The summed E-state index contributed by atoms with van der Waals surface area (Å²) in [7, 11) is -1.99. The van der Waals surface area contributed by atoms with E-state index in [1.807, 2.05) is 0 Å². The zero-order valence-electron chi connectivity index (χ0n) is 12.7. The first kappa shape index (κ1) is 16.3. The summed E-state index contributed by atoms with van der Waals surface area (Å²) >= 11 is 0. The molecule has 1 saturated heterocycles. The third-order valence-corrected chi connectivity index (χ3v) is 5.36. The van der Waals surface area contributed by atoms with Gasteiger partial charge in [0, 0.05) is 20.1 Å². The molecule has 0 spiro atoms. The summed E-state index contributed by atoms with van der Waals surface area (Å²) in [6.45, 7) is 5.62. The van der Waals surface area contributed by atoms with Crippen LogP contribution in [0.5, 0.6) is 0 Å². The highest BCUT2D eigenvalue weighted by Gasteiger charge is 2.23. The molecule has 1 atom stereocenters. The van der Waals surface area contributed by atoms with E-state index in [-0.39, 0.29) is 16.8 Å². The Morgan fingerprint density at radius 3 is 2.62 bits per heavy atom. The van der Waals surface area contributed by atoms with Crippen LogP contribution in [0.25, 0.3) is 0 Å². The molecule has 1 aliphatic heterocycles. The second-order valence-corrected chi connectivity index (χ2v) is 7.55. The maximum Gasteiger partial charge on any atom is 0.260 e. The quantitative estimate of drug-likeness (QED) is 0.793. The van der Waals surface area contributed by atoms with E-state index >= 15 is 0 Å². The topological polar surface area (TPSA) is 93.2 Å². The van der Waals surface area contributed by atoms with Gasteiger partial charge in [-0.05, 0) is 31.8 Å². The SMILES string of the molecule is CC(CNS(=O)(=O)c1c(N)ncn1C)CN1CCCCC1. The summed E-state index contributed by atoms with van der Waals surface area (Å²) in [5.41, 5.74) is 5.62. The number of rotatable bonds is 6. The van der Waals surface area contributed by atoms with Gasteiger partial charge in [0.25, 0.3) is 10.0 Å². The van der Waals surface area contributed by atoms with Crippen LogP contribution in [0.4, 0.5) is 5.82 Å². The lowest BCUT2D eigenvalue weighted by atomic mass is 10.1. The first-order valence-corrected chi connectivity index (χ1v) is 8.87. The highest BCUT2D eigenvalue weighted by molar-refractivity contribution is 7.89. The summed E-state index contributed by atoms with van der Waals surface area (Å²) in [5.74, 6) is 0.293. The Morgan fingerprint density at radius 1 is 1.38 bits per heavy atom. The van der Waals surface area contributed by atoms with Crippen LogP contribution < -0.4 is 10.5 Å². The predicted octanol–water partition coefficient (Wildman–Crippen LogP) is 0.403. The molecule has 1 fully saturated rings. The van der Waals surface area contributed by atoms with Crippen LogP contribution >= 0.6 is 0 Å². The van der Waals surface area contributed by atoms with E-state index in [2.05, 4.69) is 21.5 Å². The molecule has 0 radical (unpaired) electrons. The van der Waals surface area contributed by atoms with Crippen molar-refractivity contribution in [3.63, 3.8) is 0 Å². The van der Waals surface area contributed by atoms with Crippen LogP contribution in [-0.2, 0) is 17.1 Å². The lowest BCUT2D eigenvalue weighted by Crippen LogP contribution is -2.38. The van der Waals surface area contributed by atoms with Gasteiger partial charge in [-0.2, -0.15) is 0 Å². The fourth-order valence-electron chi connectivity index (χ4n) is 2.73. The Hall–Kier alpha value is -1.12. The number of piperidine rings is 1. The average molecular weight is 315 g/mol. The van der Waals surface area contributed by atoms with Gasteiger partial charge in [0.05, 0.1) is 6.33 Å². The Bertz CT molecular complexity index is 544. The van der Waals surface area contributed by atoms with Gasteiger partial charge in [0.15, 0.2) is 10.8 Å². The molecule has 0 saturated carbocycles. The van der Waals surface area contributed by atoms with Crippen LogP contribution in [0.3, 0.4) is 0 Å². The van der Waals surface area contributed by atoms with Crippen molar-refractivity contribution in [3.05, 3.63) is 6.33 Å². The molecular weight excluding hydrogens is 290 g/mol. The van der Waals surface area contributed by atoms with Crippen molar-refractivity contribution in [1.82, 2.24) is 19.2 Å². The summed E-state index contributed by atoms with van der Waals surface area (Å²) < 4.78 is 28.6. The van der Waals surface area contributed by atoms with Crippen LogP contribution in [0.1, 0.15) is 26.2 Å². The van der Waals surface area contributed by atoms with Gasteiger partial charge in [-0.15, -0.1) is 0 Å². The van der Waals surface area contributed by atoms with E-state index < -0.39 is 10.0 Å². The molecule has 2 rings (SSSR count). The highest BCUT2D eigenvalue weighted by atomic mass is 32.2. The van der Waals surface area contributed by atoms with Gasteiger partial charge in [0.2, 0.25) is 0 Å². The van der Waals surface area contributed by atoms with Crippen molar-refractivity contribution < 1.29 is 8.42 Å². The first-order chi connectivity index (χ1) is 9.90. The largest absolute Gasteiger partial charge is 0.381 e. The minimum absolute atomic E-state index is 0.0349. The van der Waals surface area contributed by atoms with Crippen molar-refractivity contribution in [1.29, 1.82) is 0 Å². The van der Waals surface area contributed by atoms with E-state index in [0.29, 0.717) is 6.54 Å². The number of nitrogens with zero attached hydrogens (tertiary/aromatic N) is 3. The fourth-order valence-corrected chi connectivity index (χ4v) is 4.13. The molecule has 0 amide bonds. The number of nitrogens with one attached hydrogen (secondary N) is 1. The van der Waals surface area contributed by atoms with E-state index in [9.17, 15) is 8.42 Å². The van der Waals surface area contributed by atoms with Crippen LogP contribution in [0.15, 0.2) is 11.4 Å². The van der Waals surface area contributed by atoms with E-state index in [0.717, 1.165) is 19.6 Å². The number of aromatic nitrogens is 2. The van der Waals surface area contributed by atoms with Crippen molar-refractivity contribution in [2.24, 2.45) is 13.0 Å². The second kappa shape index (κ2) is 6.76. The molecule has 7 nitrogen and oxygen atoms in total. The lowest BCUT2D eigenvalue weighted by Gasteiger charge is -2.29. The highest BCUT2D eigenvalue weighted by Crippen LogP contribution is 2.15. The normalized spacial score (nSPS) is 18.8. The first-order valence-electron chi connectivity index (χ1n) is 7.39. The number of hydrogen-bond acceptors (Lipinski definition) is 5. The predicted molar refractivity (Wildman–Crippen MR) is 82.3 cm³/mol. The van der Waals surface area contributed by atoms with Crippen LogP contribution in [0, 0.1) is 5.92 Å². The average Bonchev–Trinajstić information content (AvgIpc) is 2.78. The van der Waals surface area contributed by atoms with Gasteiger partial charge < -0.3 is 15.2 Å². The fraction of sp³-hybridized carbons (Fsp3) is 0.769. The smallest absolute Gasteiger partial charge is 0.260 e. The van der Waals surface area contributed by atoms with Crippen LogP contribution in [0.2, 0.25) is 0 Å². The van der Waals surface area contributed by atoms with Crippen molar-refractivity contribution in [3.8, 4) is 0 Å². The van der Waals surface area contributed by atoms with Gasteiger partial charge in [-0.3, -0.25) is 0 Å². The van der Waals surface area contributed by atoms with Gasteiger partial charge in [0.1, 0.15) is 0 Å². The monoisotopic (exact) mass is 315 g/mol. The van der Waals surface area contributed by atoms with Gasteiger partial charge in [-0.1, -0.05) is 13.3 Å². The van der Waals surface area contributed by atoms with Crippen molar-refractivity contribution in [2.45, 2.75) is 31.2 Å². The third-order valence-electron chi connectivity index (χ3n) is 3.80. The number of anilines is 1. The minimum atomic E-state index is -3.61. The zero-order valence-corrected chi connectivity index (χ0v) is 13.6. The number of aryl methyl sites for hydroxylation is 1. The summed E-state index contributed by atoms with van der Waals surface area (Å²) in [6, 6.07) is 0. The standard InChI is InChI=1S/C13H25N5O2S/c1-11(9-18-6-4-3-5-7-18)8-16-21(19,20)13-12(14)15-10-17(13)2/h10-11,16H,3-9,14H2,1-2H3. The Morgan fingerprint density at radius 2 is 2.05 bits per heavy atom. The van der Waals surface area contributed by atoms with Crippen LogP contribution in [-0.4, -0.2) is 49.0 Å². The molecule has 1 aromatic rings. The van der Waals surface area contributed by atoms with E-state index in [1.54, 1.807) is 7.05 Å². The summed E-state index contributed by atoms with van der Waals surface area (Å²) in [5, 5.41) is 0.0349. The molecule has 2 heterocycles. The van der Waals surface area contributed by atoms with E-state index in [4.69, 9.17) is 5.73 Å². The number of imidazole rings is 1. The molecule has 120 valence electrons. The lowest BCUT2D eigenvalue weighted by molar-refractivity contribution is 0.201. The van der Waals surface area contributed by atoms with Crippen molar-refractivity contribution >= 4 is 15.8 Å². The molecule has 0 bridgehead atoms. The number of nitrogen functional groups attached to an aromatic ring is 1. The number of nitrogens with two attached hydrogens (primary N) is 1. The molecule has 3 N–H and O–H groups in total. The third kappa shape index (κ3) is 4.18. The molecule has 21 heavy (non-hydrogen) atoms. The Kier molecular flexibility index (Phi) is 5.23. The summed E-state index contributed by atoms with van der Waals surface area (Å²) in [4.78, 5) is 6.22. The van der Waals surface area contributed by atoms with Gasteiger partial charge in [-0.25, -0.2) is 18.1 Å². The minimum Gasteiger partial charge on any atom is -0.381 e. The molecule has 0 aliphatic carbocycles. The number of likely N-dealkylation sites (tertiary alicyclic amines) is 1. The zero-order chi connectivity index (χ0) is 15.5. The molecule has 8 heteroatoms. The molecule has 1 aromatic heterocycles. The molecule has 0 aromatic carbocycles. The molecule has 1 unspecified atom stereocenters. The van der Waals surface area contributed by atoms with E-state index in [1.165, 1.54) is 30.2 Å². The Balaban J connectivity index is 1.89. The Labute approximate surface area is 126 Å². The number of sulfonamides is 1. The molecule has 1 aliphatic rings. The van der Waals surface area contributed by atoms with Crippen molar-refractivity contribution in [2.75, 3.05) is 31.9 Å². The maximum atomic E-state index is 12.3. The number of hydrogen-bond donors (Lipinski definition) is 2. The maximum absolute atomic E-state index is 12.3. The second-order valence-electron chi connectivity index (χ2n) is 5.86. The molecular formula is C13H25N5O2S.